The Morgan fingerprint density at radius 2 is 1.95 bits per heavy atom. The lowest BCUT2D eigenvalue weighted by Crippen LogP contribution is -2.19. The minimum atomic E-state index is -1.42. The van der Waals surface area contributed by atoms with E-state index in [0.717, 1.165) is 17.6 Å². The highest BCUT2D eigenvalue weighted by molar-refractivity contribution is 6.83. The van der Waals surface area contributed by atoms with Gasteiger partial charge in [0.2, 0.25) is 0 Å². The Kier molecular flexibility index (Phi) is 2.77. The molecule has 0 heterocycles. The predicted octanol–water partition coefficient (Wildman–Crippen LogP) is 3.70. The van der Waals surface area contributed by atoms with Crippen LogP contribution in [-0.2, 0) is 0 Å². The van der Waals surface area contributed by atoms with Crippen molar-refractivity contribution in [1.29, 1.82) is 0 Å². The summed E-state index contributed by atoms with van der Waals surface area (Å²) in [5.74, 6) is 3.28. The molecule has 0 aromatic heterocycles. The Balaban J connectivity index is 2.11. The standard InChI is InChI=1S/C17H18OSi/c1-19(2,3)11-10-16-14-9-8-13(14)12-6-4-5-7-15(12)17(16)18/h4-8,17-18H,9H2,1-3H3. The summed E-state index contributed by atoms with van der Waals surface area (Å²) in [5, 5.41) is 10.6. The fourth-order valence-electron chi connectivity index (χ4n) is 2.53. The molecule has 0 fully saturated rings. The van der Waals surface area contributed by atoms with Crippen molar-refractivity contribution >= 4 is 13.6 Å². The summed E-state index contributed by atoms with van der Waals surface area (Å²) < 4.78 is 0. The molecule has 0 saturated heterocycles. The molecule has 1 nitrogen and oxygen atoms in total. The van der Waals surface area contributed by atoms with Crippen molar-refractivity contribution in [3.63, 3.8) is 0 Å². The van der Waals surface area contributed by atoms with Crippen LogP contribution in [0.5, 0.6) is 0 Å². The number of hydrogen-bond acceptors (Lipinski definition) is 1. The molecule has 19 heavy (non-hydrogen) atoms. The third-order valence-electron chi connectivity index (χ3n) is 3.55. The summed E-state index contributed by atoms with van der Waals surface area (Å²) in [4.78, 5) is 0. The second-order valence-electron chi connectivity index (χ2n) is 6.20. The smallest absolute Gasteiger partial charge is 0.129 e. The first kappa shape index (κ1) is 12.5. The first-order valence-corrected chi connectivity index (χ1v) is 10.2. The number of aliphatic hydroxyl groups is 1. The predicted molar refractivity (Wildman–Crippen MR) is 82.1 cm³/mol. The van der Waals surface area contributed by atoms with Gasteiger partial charge in [-0.1, -0.05) is 55.9 Å². The summed E-state index contributed by atoms with van der Waals surface area (Å²) in [5.41, 5.74) is 9.01. The lowest BCUT2D eigenvalue weighted by molar-refractivity contribution is 0.218. The highest BCUT2D eigenvalue weighted by Gasteiger charge is 2.31. The van der Waals surface area contributed by atoms with Gasteiger partial charge >= 0.3 is 0 Å². The first-order chi connectivity index (χ1) is 8.97. The molecule has 0 amide bonds. The molecule has 0 bridgehead atoms. The summed E-state index contributed by atoms with van der Waals surface area (Å²) in [6, 6.07) is 8.11. The average molecular weight is 266 g/mol. The highest BCUT2D eigenvalue weighted by atomic mass is 28.3. The topological polar surface area (TPSA) is 20.2 Å². The molecular weight excluding hydrogens is 248 g/mol. The zero-order valence-corrected chi connectivity index (χ0v) is 12.6. The van der Waals surface area contributed by atoms with Crippen LogP contribution in [0.15, 0.2) is 41.5 Å². The molecule has 2 heteroatoms. The first-order valence-electron chi connectivity index (χ1n) is 6.71. The van der Waals surface area contributed by atoms with Crippen molar-refractivity contribution in [2.24, 2.45) is 0 Å². The van der Waals surface area contributed by atoms with E-state index in [1.54, 1.807) is 0 Å². The fraction of sp³-hybridized carbons (Fsp3) is 0.294. The van der Waals surface area contributed by atoms with Gasteiger partial charge in [0, 0.05) is 5.57 Å². The molecule has 1 aromatic carbocycles. The molecule has 0 spiro atoms. The maximum atomic E-state index is 10.6. The largest absolute Gasteiger partial charge is 0.383 e. The molecule has 0 aliphatic heterocycles. The number of rotatable bonds is 0. The maximum Gasteiger partial charge on any atom is 0.129 e. The van der Waals surface area contributed by atoms with E-state index in [9.17, 15) is 5.11 Å². The van der Waals surface area contributed by atoms with Gasteiger partial charge in [0.05, 0.1) is 0 Å². The van der Waals surface area contributed by atoms with E-state index in [1.165, 1.54) is 16.7 Å². The molecule has 2 aliphatic carbocycles. The minimum Gasteiger partial charge on any atom is -0.383 e. The molecule has 3 rings (SSSR count). The van der Waals surface area contributed by atoms with Crippen LogP contribution in [0.1, 0.15) is 23.7 Å². The number of fused-ring (bicyclic) bond motifs is 3. The zero-order valence-electron chi connectivity index (χ0n) is 11.6. The lowest BCUT2D eigenvalue weighted by atomic mass is 9.74. The average Bonchev–Trinajstić information content (AvgIpc) is 2.30. The molecule has 1 N–H and O–H groups in total. The Bertz CT molecular complexity index is 662. The molecule has 0 radical (unpaired) electrons. The van der Waals surface area contributed by atoms with Gasteiger partial charge in [0.1, 0.15) is 14.2 Å². The second-order valence-corrected chi connectivity index (χ2v) is 11.0. The normalized spacial score (nSPS) is 20.6. The zero-order chi connectivity index (χ0) is 13.6. The van der Waals surface area contributed by atoms with Crippen LogP contribution in [0.2, 0.25) is 19.6 Å². The van der Waals surface area contributed by atoms with Gasteiger partial charge in [-0.05, 0) is 28.7 Å². The summed E-state index contributed by atoms with van der Waals surface area (Å²) in [6.45, 7) is 6.68. The van der Waals surface area contributed by atoms with Gasteiger partial charge in [-0.15, -0.1) is 5.54 Å². The number of aliphatic hydroxyl groups excluding tert-OH is 1. The molecule has 0 saturated carbocycles. The van der Waals surface area contributed by atoms with Crippen LogP contribution in [0.25, 0.3) is 5.57 Å². The molecular formula is C17H18OSi. The van der Waals surface area contributed by atoms with Gasteiger partial charge in [-0.3, -0.25) is 0 Å². The fourth-order valence-corrected chi connectivity index (χ4v) is 3.04. The SMILES string of the molecule is C[Si](C)(C)C#CC1=C2CC=C2c2ccccc2C1O. The Labute approximate surface area is 115 Å². The highest BCUT2D eigenvalue weighted by Crippen LogP contribution is 2.47. The van der Waals surface area contributed by atoms with Crippen LogP contribution in [0.4, 0.5) is 0 Å². The van der Waals surface area contributed by atoms with Crippen molar-refractivity contribution in [2.75, 3.05) is 0 Å². The van der Waals surface area contributed by atoms with E-state index in [4.69, 9.17) is 0 Å². The van der Waals surface area contributed by atoms with Gasteiger partial charge in [0.25, 0.3) is 0 Å². The number of allylic oxidation sites excluding steroid dienone is 3. The number of benzene rings is 1. The summed E-state index contributed by atoms with van der Waals surface area (Å²) in [6.07, 6.45) is 2.62. The molecule has 1 unspecified atom stereocenters. The molecule has 1 aromatic rings. The second kappa shape index (κ2) is 4.23. The van der Waals surface area contributed by atoms with Crippen molar-refractivity contribution in [3.05, 3.63) is 52.6 Å². The van der Waals surface area contributed by atoms with E-state index in [-0.39, 0.29) is 0 Å². The van der Waals surface area contributed by atoms with E-state index in [0.29, 0.717) is 0 Å². The van der Waals surface area contributed by atoms with Crippen LogP contribution in [-0.4, -0.2) is 13.2 Å². The number of hydrogen-bond donors (Lipinski definition) is 1. The molecule has 1 atom stereocenters. The van der Waals surface area contributed by atoms with Crippen molar-refractivity contribution in [3.8, 4) is 11.5 Å². The van der Waals surface area contributed by atoms with Crippen molar-refractivity contribution in [2.45, 2.75) is 32.2 Å². The Morgan fingerprint density at radius 1 is 1.21 bits per heavy atom. The Hall–Kier alpha value is -1.56. The van der Waals surface area contributed by atoms with Crippen LogP contribution in [0, 0.1) is 11.5 Å². The minimum absolute atomic E-state index is 0.549. The van der Waals surface area contributed by atoms with Gasteiger partial charge < -0.3 is 5.11 Å². The lowest BCUT2D eigenvalue weighted by Gasteiger charge is -2.32. The maximum absolute atomic E-state index is 10.6. The monoisotopic (exact) mass is 266 g/mol. The molecule has 2 aliphatic rings. The third kappa shape index (κ3) is 2.10. The van der Waals surface area contributed by atoms with Gasteiger partial charge in [-0.25, -0.2) is 0 Å². The quantitative estimate of drug-likeness (QED) is 0.561. The summed E-state index contributed by atoms with van der Waals surface area (Å²) in [7, 11) is -1.42. The third-order valence-corrected chi connectivity index (χ3v) is 4.43. The van der Waals surface area contributed by atoms with Crippen molar-refractivity contribution < 1.29 is 5.11 Å². The molecule has 96 valence electrons. The van der Waals surface area contributed by atoms with Crippen LogP contribution >= 0.6 is 0 Å². The van der Waals surface area contributed by atoms with E-state index < -0.39 is 14.2 Å². The van der Waals surface area contributed by atoms with Gasteiger partial charge in [-0.2, -0.15) is 0 Å². The van der Waals surface area contributed by atoms with E-state index in [1.807, 2.05) is 18.2 Å². The summed E-state index contributed by atoms with van der Waals surface area (Å²) >= 11 is 0. The van der Waals surface area contributed by atoms with Crippen LogP contribution in [0.3, 0.4) is 0 Å². The van der Waals surface area contributed by atoms with Gasteiger partial charge in [0.15, 0.2) is 0 Å². The van der Waals surface area contributed by atoms with Crippen molar-refractivity contribution in [1.82, 2.24) is 0 Å². The van der Waals surface area contributed by atoms with Crippen LogP contribution < -0.4 is 0 Å². The Morgan fingerprint density at radius 3 is 2.58 bits per heavy atom. The van der Waals surface area contributed by atoms with E-state index in [2.05, 4.69) is 43.2 Å². The van der Waals surface area contributed by atoms with E-state index >= 15 is 0 Å².